The summed E-state index contributed by atoms with van der Waals surface area (Å²) in [6.45, 7) is 12.4. The van der Waals surface area contributed by atoms with Crippen molar-refractivity contribution in [1.29, 1.82) is 0 Å². The molecule has 2 aliphatic heterocycles. The van der Waals surface area contributed by atoms with Gasteiger partial charge in [0, 0.05) is 24.2 Å². The molecule has 2 atom stereocenters. The number of aryl methyl sites for hydroxylation is 2. The van der Waals surface area contributed by atoms with Gasteiger partial charge in [-0.3, -0.25) is 0 Å². The highest BCUT2D eigenvalue weighted by Crippen LogP contribution is 2.25. The molecule has 1 aromatic heterocycles. The second-order valence-electron chi connectivity index (χ2n) is 11.6. The number of piperidine rings is 2. The SMILES string of the molecule is Cc1cccc2c1nc(COc1ccc(Cl)cc1)n2CCC(C)CN1CCCCC1CCN1CCCCC1. The van der Waals surface area contributed by atoms with Crippen LogP contribution < -0.4 is 4.74 Å². The lowest BCUT2D eigenvalue weighted by Crippen LogP contribution is -2.44. The smallest absolute Gasteiger partial charge is 0.148 e. The number of rotatable bonds is 11. The van der Waals surface area contributed by atoms with Crippen molar-refractivity contribution in [3.05, 3.63) is 58.9 Å². The Hall–Kier alpha value is -2.08. The van der Waals surface area contributed by atoms with Crippen LogP contribution in [-0.2, 0) is 13.2 Å². The molecule has 5 nitrogen and oxygen atoms in total. The maximum Gasteiger partial charge on any atom is 0.148 e. The summed E-state index contributed by atoms with van der Waals surface area (Å²) in [7, 11) is 0. The third kappa shape index (κ3) is 7.11. The highest BCUT2D eigenvalue weighted by Gasteiger charge is 2.25. The van der Waals surface area contributed by atoms with Crippen LogP contribution in [0.5, 0.6) is 5.75 Å². The van der Waals surface area contributed by atoms with Gasteiger partial charge < -0.3 is 19.1 Å². The van der Waals surface area contributed by atoms with Crippen molar-refractivity contribution in [1.82, 2.24) is 19.4 Å². The van der Waals surface area contributed by atoms with Crippen LogP contribution in [0.3, 0.4) is 0 Å². The fourth-order valence-corrected chi connectivity index (χ4v) is 6.48. The van der Waals surface area contributed by atoms with Crippen molar-refractivity contribution >= 4 is 22.6 Å². The maximum atomic E-state index is 6.12. The Morgan fingerprint density at radius 3 is 2.58 bits per heavy atom. The molecule has 5 rings (SSSR count). The Bertz CT molecular complexity index is 1150. The van der Waals surface area contributed by atoms with Crippen molar-refractivity contribution < 1.29 is 4.74 Å². The molecule has 2 fully saturated rings. The second kappa shape index (κ2) is 13.3. The molecule has 2 aliphatic rings. The average molecular weight is 537 g/mol. The predicted octanol–water partition coefficient (Wildman–Crippen LogP) is 7.33. The van der Waals surface area contributed by atoms with Gasteiger partial charge >= 0.3 is 0 Å². The zero-order chi connectivity index (χ0) is 26.3. The Labute approximate surface area is 234 Å². The lowest BCUT2D eigenvalue weighted by Gasteiger charge is -2.39. The molecule has 3 aromatic rings. The first-order valence-corrected chi connectivity index (χ1v) is 15.2. The van der Waals surface area contributed by atoms with Crippen molar-refractivity contribution in [2.45, 2.75) is 84.4 Å². The quantitative estimate of drug-likeness (QED) is 0.257. The molecule has 2 unspecified atom stereocenters. The molecule has 0 bridgehead atoms. The Morgan fingerprint density at radius 1 is 0.974 bits per heavy atom. The summed E-state index contributed by atoms with van der Waals surface area (Å²) in [6.07, 6.45) is 10.8. The molecule has 6 heteroatoms. The van der Waals surface area contributed by atoms with E-state index < -0.39 is 0 Å². The molecule has 2 saturated heterocycles. The standard InChI is InChI=1S/C32H45ClN4O/c1-25(23-36-20-7-4-10-28(36)17-21-35-18-5-3-6-19-35)16-22-37-30-11-8-9-26(2)32(30)34-31(37)24-38-29-14-12-27(33)13-15-29/h8-9,11-15,25,28H,3-7,10,16-24H2,1-2H3. The normalized spacial score (nSPS) is 20.1. The van der Waals surface area contributed by atoms with Crippen molar-refractivity contribution in [3.8, 4) is 5.75 Å². The first-order valence-electron chi connectivity index (χ1n) is 14.9. The second-order valence-corrected chi connectivity index (χ2v) is 12.0. The van der Waals surface area contributed by atoms with E-state index >= 15 is 0 Å². The summed E-state index contributed by atoms with van der Waals surface area (Å²) >= 11 is 6.05. The lowest BCUT2D eigenvalue weighted by molar-refractivity contribution is 0.103. The zero-order valence-electron chi connectivity index (χ0n) is 23.4. The van der Waals surface area contributed by atoms with Gasteiger partial charge in [-0.1, -0.05) is 43.5 Å². The third-order valence-electron chi connectivity index (χ3n) is 8.61. The fraction of sp³-hybridized carbons (Fsp3) is 0.594. The lowest BCUT2D eigenvalue weighted by atomic mass is 9.96. The molecule has 206 valence electrons. The monoisotopic (exact) mass is 536 g/mol. The fourth-order valence-electron chi connectivity index (χ4n) is 6.36. The van der Waals surface area contributed by atoms with Crippen LogP contribution in [0.4, 0.5) is 0 Å². The van der Waals surface area contributed by atoms with Crippen molar-refractivity contribution in [2.75, 3.05) is 32.7 Å². The number of hydrogen-bond acceptors (Lipinski definition) is 4. The first-order chi connectivity index (χ1) is 18.6. The number of nitrogens with zero attached hydrogens (tertiary/aromatic N) is 4. The zero-order valence-corrected chi connectivity index (χ0v) is 24.1. The van der Waals surface area contributed by atoms with E-state index in [1.54, 1.807) is 0 Å². The van der Waals surface area contributed by atoms with E-state index in [9.17, 15) is 0 Å². The Kier molecular flexibility index (Phi) is 9.63. The van der Waals surface area contributed by atoms with E-state index in [1.807, 2.05) is 24.3 Å². The number of imidazole rings is 1. The number of fused-ring (bicyclic) bond motifs is 1. The van der Waals surface area contributed by atoms with Crippen LogP contribution in [0.2, 0.25) is 5.02 Å². The van der Waals surface area contributed by atoms with Gasteiger partial charge in [-0.15, -0.1) is 0 Å². The van der Waals surface area contributed by atoms with Crippen LogP contribution >= 0.6 is 11.6 Å². The van der Waals surface area contributed by atoms with Crippen molar-refractivity contribution in [2.24, 2.45) is 5.92 Å². The summed E-state index contributed by atoms with van der Waals surface area (Å²) in [6, 6.07) is 14.8. The Balaban J connectivity index is 1.21. The predicted molar refractivity (Wildman–Crippen MR) is 158 cm³/mol. The molecular formula is C32H45ClN4O. The Morgan fingerprint density at radius 2 is 1.76 bits per heavy atom. The minimum absolute atomic E-state index is 0.453. The molecule has 0 amide bonds. The third-order valence-corrected chi connectivity index (χ3v) is 8.86. The van der Waals surface area contributed by atoms with E-state index in [2.05, 4.69) is 46.4 Å². The van der Waals surface area contributed by atoms with E-state index in [0.29, 0.717) is 12.5 Å². The molecule has 0 spiro atoms. The van der Waals surface area contributed by atoms with E-state index in [1.165, 1.54) is 88.7 Å². The highest BCUT2D eigenvalue weighted by atomic mass is 35.5. The van der Waals surface area contributed by atoms with Crippen LogP contribution in [0, 0.1) is 12.8 Å². The molecule has 3 heterocycles. The molecule has 0 radical (unpaired) electrons. The van der Waals surface area contributed by atoms with Crippen molar-refractivity contribution in [3.63, 3.8) is 0 Å². The average Bonchev–Trinajstić information content (AvgIpc) is 3.30. The topological polar surface area (TPSA) is 33.5 Å². The van der Waals surface area contributed by atoms with Crippen LogP contribution in [0.15, 0.2) is 42.5 Å². The van der Waals surface area contributed by atoms with Gasteiger partial charge in [0.2, 0.25) is 0 Å². The number of hydrogen-bond donors (Lipinski definition) is 0. The van der Waals surface area contributed by atoms with Crippen LogP contribution in [0.1, 0.15) is 69.7 Å². The molecule has 0 saturated carbocycles. The number of para-hydroxylation sites is 1. The minimum atomic E-state index is 0.453. The molecule has 2 aromatic carbocycles. The summed E-state index contributed by atoms with van der Waals surface area (Å²) < 4.78 is 8.51. The van der Waals surface area contributed by atoms with Gasteiger partial charge in [-0.05, 0) is 113 Å². The summed E-state index contributed by atoms with van der Waals surface area (Å²) in [4.78, 5) is 10.5. The number of likely N-dealkylation sites (tertiary alicyclic amines) is 2. The van der Waals surface area contributed by atoms with E-state index in [-0.39, 0.29) is 0 Å². The first kappa shape index (κ1) is 27.5. The van der Waals surface area contributed by atoms with Gasteiger partial charge in [0.15, 0.2) is 0 Å². The van der Waals surface area contributed by atoms with E-state index in [4.69, 9.17) is 21.3 Å². The molecule has 0 N–H and O–H groups in total. The number of halogens is 1. The van der Waals surface area contributed by atoms with Gasteiger partial charge in [0.25, 0.3) is 0 Å². The largest absolute Gasteiger partial charge is 0.486 e. The summed E-state index contributed by atoms with van der Waals surface area (Å²) in [5.41, 5.74) is 3.51. The van der Waals surface area contributed by atoms with Crippen LogP contribution in [-0.4, -0.2) is 58.1 Å². The van der Waals surface area contributed by atoms with E-state index in [0.717, 1.165) is 41.1 Å². The number of aromatic nitrogens is 2. The van der Waals surface area contributed by atoms with Gasteiger partial charge in [0.05, 0.1) is 11.0 Å². The van der Waals surface area contributed by atoms with Gasteiger partial charge in [-0.2, -0.15) is 0 Å². The highest BCUT2D eigenvalue weighted by molar-refractivity contribution is 6.30. The summed E-state index contributed by atoms with van der Waals surface area (Å²) in [5, 5.41) is 0.719. The number of ether oxygens (including phenoxy) is 1. The van der Waals surface area contributed by atoms with Gasteiger partial charge in [-0.25, -0.2) is 4.98 Å². The maximum absolute atomic E-state index is 6.12. The van der Waals surface area contributed by atoms with Crippen LogP contribution in [0.25, 0.3) is 11.0 Å². The number of benzene rings is 2. The molecule has 0 aliphatic carbocycles. The molecular weight excluding hydrogens is 492 g/mol. The molecule has 38 heavy (non-hydrogen) atoms. The van der Waals surface area contributed by atoms with Gasteiger partial charge in [0.1, 0.15) is 18.2 Å². The minimum Gasteiger partial charge on any atom is -0.486 e. The summed E-state index contributed by atoms with van der Waals surface area (Å²) in [5.74, 6) is 2.45.